The Morgan fingerprint density at radius 3 is 2.42 bits per heavy atom. The molecule has 1 saturated carbocycles. The van der Waals surface area contributed by atoms with Gasteiger partial charge in [-0.05, 0) is 19.3 Å². The minimum Gasteiger partial charge on any atom is -0.334 e. The summed E-state index contributed by atoms with van der Waals surface area (Å²) < 4.78 is 0. The van der Waals surface area contributed by atoms with Gasteiger partial charge in [-0.25, -0.2) is 5.84 Å². The van der Waals surface area contributed by atoms with Crippen LogP contribution in [0.3, 0.4) is 0 Å². The van der Waals surface area contributed by atoms with Crippen molar-refractivity contribution in [1.29, 1.82) is 0 Å². The first-order valence-corrected chi connectivity index (χ1v) is 3.94. The first-order valence-electron chi connectivity index (χ1n) is 3.94. The van der Waals surface area contributed by atoms with E-state index < -0.39 is 11.8 Å². The highest BCUT2D eigenvalue weighted by Gasteiger charge is 2.28. The Balaban J connectivity index is 2.45. The Hall–Kier alpha value is -1.10. The molecule has 0 spiro atoms. The molecule has 1 rings (SSSR count). The van der Waals surface area contributed by atoms with Crippen molar-refractivity contribution in [3.8, 4) is 0 Å². The lowest BCUT2D eigenvalue weighted by molar-refractivity contribution is -0.147. The molecule has 0 aromatic heterocycles. The van der Waals surface area contributed by atoms with Crippen LogP contribution in [0, 0.1) is 0 Å². The average Bonchev–Trinajstić information content (AvgIpc) is 1.98. The van der Waals surface area contributed by atoms with Gasteiger partial charge in [0.25, 0.3) is 0 Å². The quantitative estimate of drug-likeness (QED) is 0.230. The van der Waals surface area contributed by atoms with E-state index in [-0.39, 0.29) is 6.04 Å². The SMILES string of the molecule is CN(C(=O)C(=O)NN)C1CCC1. The fourth-order valence-corrected chi connectivity index (χ4v) is 1.16. The van der Waals surface area contributed by atoms with Crippen LogP contribution >= 0.6 is 0 Å². The van der Waals surface area contributed by atoms with Crippen LogP contribution in [0.25, 0.3) is 0 Å². The summed E-state index contributed by atoms with van der Waals surface area (Å²) >= 11 is 0. The van der Waals surface area contributed by atoms with Gasteiger partial charge in [0.05, 0.1) is 0 Å². The summed E-state index contributed by atoms with van der Waals surface area (Å²) in [5, 5.41) is 0. The van der Waals surface area contributed by atoms with E-state index in [0.29, 0.717) is 0 Å². The molecule has 5 heteroatoms. The second-order valence-electron chi connectivity index (χ2n) is 2.97. The van der Waals surface area contributed by atoms with Gasteiger partial charge in [0.1, 0.15) is 0 Å². The summed E-state index contributed by atoms with van der Waals surface area (Å²) in [6, 6.07) is 0.231. The van der Waals surface area contributed by atoms with Crippen molar-refractivity contribution in [2.45, 2.75) is 25.3 Å². The van der Waals surface area contributed by atoms with E-state index in [1.807, 2.05) is 5.43 Å². The summed E-state index contributed by atoms with van der Waals surface area (Å²) in [6.07, 6.45) is 3.10. The number of hydrogen-bond acceptors (Lipinski definition) is 3. The van der Waals surface area contributed by atoms with Gasteiger partial charge in [-0.15, -0.1) is 0 Å². The maximum absolute atomic E-state index is 11.1. The Labute approximate surface area is 70.9 Å². The topological polar surface area (TPSA) is 75.4 Å². The number of hydrogen-bond donors (Lipinski definition) is 2. The second kappa shape index (κ2) is 3.53. The fourth-order valence-electron chi connectivity index (χ4n) is 1.16. The van der Waals surface area contributed by atoms with Crippen LogP contribution in [0.15, 0.2) is 0 Å². The highest BCUT2D eigenvalue weighted by molar-refractivity contribution is 6.34. The third-order valence-corrected chi connectivity index (χ3v) is 2.27. The van der Waals surface area contributed by atoms with Crippen molar-refractivity contribution in [3.63, 3.8) is 0 Å². The maximum Gasteiger partial charge on any atom is 0.323 e. The first-order chi connectivity index (χ1) is 5.66. The van der Waals surface area contributed by atoms with Crippen molar-refractivity contribution in [3.05, 3.63) is 0 Å². The summed E-state index contributed by atoms with van der Waals surface area (Å²) in [5.74, 6) is 3.52. The third kappa shape index (κ3) is 1.55. The van der Waals surface area contributed by atoms with Crippen molar-refractivity contribution >= 4 is 11.8 Å². The normalized spacial score (nSPS) is 16.5. The van der Waals surface area contributed by atoms with E-state index in [9.17, 15) is 9.59 Å². The van der Waals surface area contributed by atoms with E-state index in [1.54, 1.807) is 7.05 Å². The van der Waals surface area contributed by atoms with E-state index in [2.05, 4.69) is 0 Å². The van der Waals surface area contributed by atoms with Gasteiger partial charge >= 0.3 is 11.8 Å². The molecule has 0 heterocycles. The second-order valence-corrected chi connectivity index (χ2v) is 2.97. The molecule has 2 amide bonds. The standard InChI is InChI=1S/C7H13N3O2/c1-10(5-3-2-4-5)7(12)6(11)9-8/h5H,2-4,8H2,1H3,(H,9,11). The minimum absolute atomic E-state index is 0.231. The molecule has 0 atom stereocenters. The Kier molecular flexibility index (Phi) is 2.65. The molecule has 0 aromatic rings. The Bertz CT molecular complexity index is 201. The van der Waals surface area contributed by atoms with Crippen LogP contribution in [0.1, 0.15) is 19.3 Å². The van der Waals surface area contributed by atoms with E-state index >= 15 is 0 Å². The van der Waals surface area contributed by atoms with Crippen LogP contribution in [0.2, 0.25) is 0 Å². The highest BCUT2D eigenvalue weighted by atomic mass is 16.2. The number of likely N-dealkylation sites (N-methyl/N-ethyl adjacent to an activating group) is 1. The zero-order valence-corrected chi connectivity index (χ0v) is 7.04. The molecule has 1 fully saturated rings. The molecule has 3 N–H and O–H groups in total. The van der Waals surface area contributed by atoms with Gasteiger partial charge in [-0.2, -0.15) is 0 Å². The highest BCUT2D eigenvalue weighted by Crippen LogP contribution is 2.23. The van der Waals surface area contributed by atoms with E-state index in [1.165, 1.54) is 4.90 Å². The van der Waals surface area contributed by atoms with Crippen LogP contribution in [0.5, 0.6) is 0 Å². The number of carbonyl (C=O) groups is 2. The number of rotatable bonds is 1. The van der Waals surface area contributed by atoms with Gasteiger partial charge in [0.2, 0.25) is 0 Å². The lowest BCUT2D eigenvalue weighted by Gasteiger charge is -2.33. The van der Waals surface area contributed by atoms with Crippen LogP contribution < -0.4 is 11.3 Å². The molecule has 0 aromatic carbocycles. The molecular formula is C7H13N3O2. The molecule has 0 radical (unpaired) electrons. The van der Waals surface area contributed by atoms with Crippen molar-refractivity contribution in [2.24, 2.45) is 5.84 Å². The summed E-state index contributed by atoms with van der Waals surface area (Å²) in [6.45, 7) is 0. The largest absolute Gasteiger partial charge is 0.334 e. The molecule has 0 aliphatic heterocycles. The summed E-state index contributed by atoms with van der Waals surface area (Å²) in [5.41, 5.74) is 1.82. The molecule has 5 nitrogen and oxygen atoms in total. The molecule has 68 valence electrons. The predicted molar refractivity (Wildman–Crippen MR) is 42.7 cm³/mol. The molecule has 1 aliphatic carbocycles. The van der Waals surface area contributed by atoms with E-state index in [0.717, 1.165) is 19.3 Å². The Morgan fingerprint density at radius 2 is 2.08 bits per heavy atom. The van der Waals surface area contributed by atoms with Crippen molar-refractivity contribution in [2.75, 3.05) is 7.05 Å². The van der Waals surface area contributed by atoms with Gasteiger partial charge in [-0.3, -0.25) is 15.0 Å². The maximum atomic E-state index is 11.1. The van der Waals surface area contributed by atoms with Gasteiger partial charge in [-0.1, -0.05) is 0 Å². The summed E-state index contributed by atoms with van der Waals surface area (Å²) in [4.78, 5) is 23.4. The lowest BCUT2D eigenvalue weighted by Crippen LogP contribution is -2.49. The number of nitrogens with two attached hydrogens (primary N) is 1. The average molecular weight is 171 g/mol. The number of amides is 2. The zero-order chi connectivity index (χ0) is 9.14. The molecular weight excluding hydrogens is 158 g/mol. The number of nitrogens with zero attached hydrogens (tertiary/aromatic N) is 1. The first kappa shape index (κ1) is 8.99. The van der Waals surface area contributed by atoms with Gasteiger partial charge < -0.3 is 4.90 Å². The van der Waals surface area contributed by atoms with Crippen molar-refractivity contribution in [1.82, 2.24) is 10.3 Å². The zero-order valence-electron chi connectivity index (χ0n) is 7.04. The molecule has 0 saturated heterocycles. The van der Waals surface area contributed by atoms with Crippen LogP contribution in [0.4, 0.5) is 0 Å². The van der Waals surface area contributed by atoms with E-state index in [4.69, 9.17) is 5.84 Å². The smallest absolute Gasteiger partial charge is 0.323 e. The number of hydrazine groups is 1. The van der Waals surface area contributed by atoms with Gasteiger partial charge in [0, 0.05) is 13.1 Å². The fraction of sp³-hybridized carbons (Fsp3) is 0.714. The third-order valence-electron chi connectivity index (χ3n) is 2.27. The molecule has 12 heavy (non-hydrogen) atoms. The molecule has 0 unspecified atom stereocenters. The molecule has 1 aliphatic rings. The predicted octanol–water partition coefficient (Wildman–Crippen LogP) is -1.01. The number of nitrogens with one attached hydrogen (secondary N) is 1. The van der Waals surface area contributed by atoms with Crippen LogP contribution in [-0.2, 0) is 9.59 Å². The summed E-state index contributed by atoms with van der Waals surface area (Å²) in [7, 11) is 1.63. The van der Waals surface area contributed by atoms with Crippen LogP contribution in [-0.4, -0.2) is 29.8 Å². The Morgan fingerprint density at radius 1 is 1.50 bits per heavy atom. The molecule has 0 bridgehead atoms. The van der Waals surface area contributed by atoms with Crippen molar-refractivity contribution < 1.29 is 9.59 Å². The number of carbonyl (C=O) groups excluding carboxylic acids is 2. The monoisotopic (exact) mass is 171 g/mol. The minimum atomic E-state index is -0.746. The lowest BCUT2D eigenvalue weighted by atomic mass is 9.92. The van der Waals surface area contributed by atoms with Gasteiger partial charge in [0.15, 0.2) is 0 Å².